The summed E-state index contributed by atoms with van der Waals surface area (Å²) < 4.78 is 5.56. The summed E-state index contributed by atoms with van der Waals surface area (Å²) in [5.41, 5.74) is 0. The van der Waals surface area contributed by atoms with Crippen LogP contribution in [-0.4, -0.2) is 19.7 Å². The van der Waals surface area contributed by atoms with Crippen molar-refractivity contribution in [2.45, 2.75) is 32.6 Å². The number of benzene rings is 1. The molecule has 2 nitrogen and oxygen atoms in total. The second kappa shape index (κ2) is 9.48. The van der Waals surface area contributed by atoms with Crippen LogP contribution in [0.5, 0.6) is 5.75 Å². The first-order valence-electron chi connectivity index (χ1n) is 6.52. The molecule has 18 heavy (non-hydrogen) atoms. The number of unbranched alkanes of at least 4 members (excludes halogenated alkanes) is 3. The van der Waals surface area contributed by atoms with Crippen molar-refractivity contribution < 1.29 is 4.74 Å². The Labute approximate surface area is 120 Å². The van der Waals surface area contributed by atoms with Gasteiger partial charge in [0.2, 0.25) is 0 Å². The maximum atomic E-state index is 5.88. The molecular weight excluding hydrogens is 269 g/mol. The van der Waals surface area contributed by atoms with E-state index in [0.717, 1.165) is 18.8 Å². The summed E-state index contributed by atoms with van der Waals surface area (Å²) in [7, 11) is 0. The van der Waals surface area contributed by atoms with E-state index in [4.69, 9.17) is 27.9 Å². The molecule has 0 heterocycles. The number of nitrogens with one attached hydrogen (secondary N) is 1. The Morgan fingerprint density at radius 1 is 1.00 bits per heavy atom. The lowest BCUT2D eigenvalue weighted by molar-refractivity contribution is 0.313. The highest BCUT2D eigenvalue weighted by molar-refractivity contribution is 6.34. The van der Waals surface area contributed by atoms with Gasteiger partial charge in [0, 0.05) is 16.6 Å². The topological polar surface area (TPSA) is 21.3 Å². The van der Waals surface area contributed by atoms with Crippen molar-refractivity contribution in [2.75, 3.05) is 19.7 Å². The standard InChI is InChI=1S/C14H21Cl2NO/c1-2-3-4-5-6-17-7-8-18-14-10-12(15)9-13(16)11-14/h9-11,17H,2-8H2,1H3. The second-order valence-electron chi connectivity index (χ2n) is 4.26. The van der Waals surface area contributed by atoms with Gasteiger partial charge in [0.05, 0.1) is 0 Å². The predicted molar refractivity (Wildman–Crippen MR) is 79.0 cm³/mol. The Hall–Kier alpha value is -0.440. The van der Waals surface area contributed by atoms with Crippen LogP contribution in [0.3, 0.4) is 0 Å². The third kappa shape index (κ3) is 7.10. The second-order valence-corrected chi connectivity index (χ2v) is 5.14. The van der Waals surface area contributed by atoms with Gasteiger partial charge in [0.1, 0.15) is 12.4 Å². The first kappa shape index (κ1) is 15.6. The van der Waals surface area contributed by atoms with Gasteiger partial charge >= 0.3 is 0 Å². The average Bonchev–Trinajstić information content (AvgIpc) is 2.31. The van der Waals surface area contributed by atoms with E-state index in [9.17, 15) is 0 Å². The maximum absolute atomic E-state index is 5.88. The Bertz CT molecular complexity index is 324. The molecule has 0 amide bonds. The Morgan fingerprint density at radius 2 is 1.72 bits per heavy atom. The molecule has 0 aromatic heterocycles. The Balaban J connectivity index is 2.07. The van der Waals surface area contributed by atoms with Crippen molar-refractivity contribution in [3.05, 3.63) is 28.2 Å². The van der Waals surface area contributed by atoms with Crippen LogP contribution in [0.2, 0.25) is 10.0 Å². The van der Waals surface area contributed by atoms with E-state index in [2.05, 4.69) is 12.2 Å². The van der Waals surface area contributed by atoms with Gasteiger partial charge in [-0.2, -0.15) is 0 Å². The molecule has 1 aromatic rings. The Kier molecular flexibility index (Phi) is 8.23. The summed E-state index contributed by atoms with van der Waals surface area (Å²) in [6, 6.07) is 5.24. The molecule has 0 unspecified atom stereocenters. The van der Waals surface area contributed by atoms with Crippen LogP contribution < -0.4 is 10.1 Å². The van der Waals surface area contributed by atoms with Gasteiger partial charge in [0.25, 0.3) is 0 Å². The first-order valence-corrected chi connectivity index (χ1v) is 7.27. The molecule has 0 aliphatic rings. The predicted octanol–water partition coefficient (Wildman–Crippen LogP) is 4.54. The highest BCUT2D eigenvalue weighted by Crippen LogP contribution is 2.23. The third-order valence-corrected chi connectivity index (χ3v) is 3.03. The van der Waals surface area contributed by atoms with Crippen LogP contribution in [0.15, 0.2) is 18.2 Å². The van der Waals surface area contributed by atoms with E-state index in [1.165, 1.54) is 25.7 Å². The average molecular weight is 290 g/mol. The molecule has 1 N–H and O–H groups in total. The minimum Gasteiger partial charge on any atom is -0.492 e. The van der Waals surface area contributed by atoms with Crippen LogP contribution in [0.1, 0.15) is 32.6 Å². The van der Waals surface area contributed by atoms with Crippen LogP contribution in [0, 0.1) is 0 Å². The largest absolute Gasteiger partial charge is 0.492 e. The molecule has 0 spiro atoms. The SMILES string of the molecule is CCCCCCNCCOc1cc(Cl)cc(Cl)c1. The summed E-state index contributed by atoms with van der Waals surface area (Å²) in [6.45, 7) is 4.75. The summed E-state index contributed by atoms with van der Waals surface area (Å²) >= 11 is 11.8. The molecule has 0 bridgehead atoms. The van der Waals surface area contributed by atoms with Gasteiger partial charge in [-0.25, -0.2) is 0 Å². The molecule has 1 aromatic carbocycles. The summed E-state index contributed by atoms with van der Waals surface area (Å²) in [6.07, 6.45) is 5.13. The van der Waals surface area contributed by atoms with Crippen molar-refractivity contribution in [2.24, 2.45) is 0 Å². The normalized spacial score (nSPS) is 10.6. The van der Waals surface area contributed by atoms with E-state index >= 15 is 0 Å². The number of ether oxygens (including phenoxy) is 1. The minimum absolute atomic E-state index is 0.602. The first-order chi connectivity index (χ1) is 8.72. The molecule has 4 heteroatoms. The molecule has 0 atom stereocenters. The monoisotopic (exact) mass is 289 g/mol. The van der Waals surface area contributed by atoms with E-state index < -0.39 is 0 Å². The van der Waals surface area contributed by atoms with Crippen molar-refractivity contribution >= 4 is 23.2 Å². The summed E-state index contributed by atoms with van der Waals surface area (Å²) in [5.74, 6) is 0.722. The van der Waals surface area contributed by atoms with Gasteiger partial charge in [0.15, 0.2) is 0 Å². The van der Waals surface area contributed by atoms with E-state index in [1.807, 2.05) is 0 Å². The molecule has 0 saturated carbocycles. The highest BCUT2D eigenvalue weighted by Gasteiger charge is 1.98. The molecule has 0 aliphatic carbocycles. The molecule has 0 aliphatic heterocycles. The molecular formula is C14H21Cl2NO. The lowest BCUT2D eigenvalue weighted by Gasteiger charge is -2.08. The van der Waals surface area contributed by atoms with Gasteiger partial charge in [-0.15, -0.1) is 0 Å². The van der Waals surface area contributed by atoms with Crippen molar-refractivity contribution in [1.29, 1.82) is 0 Å². The fraction of sp³-hybridized carbons (Fsp3) is 0.571. The molecule has 0 fully saturated rings. The highest BCUT2D eigenvalue weighted by atomic mass is 35.5. The molecule has 0 radical (unpaired) electrons. The zero-order valence-electron chi connectivity index (χ0n) is 10.8. The summed E-state index contributed by atoms with van der Waals surface area (Å²) in [5, 5.41) is 4.56. The zero-order valence-corrected chi connectivity index (χ0v) is 12.4. The number of hydrogen-bond acceptors (Lipinski definition) is 2. The van der Waals surface area contributed by atoms with Gasteiger partial charge in [-0.3, -0.25) is 0 Å². The quantitative estimate of drug-likeness (QED) is 0.674. The van der Waals surface area contributed by atoms with Gasteiger partial charge in [-0.05, 0) is 31.2 Å². The number of hydrogen-bond donors (Lipinski definition) is 1. The number of rotatable bonds is 9. The van der Waals surface area contributed by atoms with Crippen molar-refractivity contribution in [1.82, 2.24) is 5.32 Å². The lowest BCUT2D eigenvalue weighted by Crippen LogP contribution is -2.22. The van der Waals surface area contributed by atoms with E-state index in [-0.39, 0.29) is 0 Å². The Morgan fingerprint density at radius 3 is 2.39 bits per heavy atom. The lowest BCUT2D eigenvalue weighted by atomic mass is 10.2. The van der Waals surface area contributed by atoms with Crippen LogP contribution >= 0.6 is 23.2 Å². The minimum atomic E-state index is 0.602. The maximum Gasteiger partial charge on any atom is 0.122 e. The van der Waals surface area contributed by atoms with E-state index in [1.54, 1.807) is 18.2 Å². The van der Waals surface area contributed by atoms with Gasteiger partial charge < -0.3 is 10.1 Å². The third-order valence-electron chi connectivity index (χ3n) is 2.59. The molecule has 102 valence electrons. The van der Waals surface area contributed by atoms with Crippen LogP contribution in [0.4, 0.5) is 0 Å². The number of halogens is 2. The van der Waals surface area contributed by atoms with Crippen molar-refractivity contribution in [3.63, 3.8) is 0 Å². The molecule has 0 saturated heterocycles. The van der Waals surface area contributed by atoms with Crippen LogP contribution in [-0.2, 0) is 0 Å². The smallest absolute Gasteiger partial charge is 0.122 e. The van der Waals surface area contributed by atoms with Gasteiger partial charge in [-0.1, -0.05) is 49.4 Å². The zero-order chi connectivity index (χ0) is 13.2. The fourth-order valence-electron chi connectivity index (χ4n) is 1.65. The van der Waals surface area contributed by atoms with Crippen molar-refractivity contribution in [3.8, 4) is 5.75 Å². The fourth-order valence-corrected chi connectivity index (χ4v) is 2.16. The molecule has 1 rings (SSSR count). The van der Waals surface area contributed by atoms with Crippen LogP contribution in [0.25, 0.3) is 0 Å². The van der Waals surface area contributed by atoms with E-state index in [0.29, 0.717) is 16.7 Å². The summed E-state index contributed by atoms with van der Waals surface area (Å²) in [4.78, 5) is 0.